The third-order valence-corrected chi connectivity index (χ3v) is 4.44. The summed E-state index contributed by atoms with van der Waals surface area (Å²) in [5.74, 6) is 0.244. The highest BCUT2D eigenvalue weighted by Crippen LogP contribution is 2.29. The first-order valence-corrected chi connectivity index (χ1v) is 7.12. The van der Waals surface area contributed by atoms with Crippen molar-refractivity contribution in [3.05, 3.63) is 0 Å². The Hall–Kier alpha value is -1.12. The Balaban J connectivity index is 1.77. The van der Waals surface area contributed by atoms with Gasteiger partial charge in [-0.05, 0) is 26.8 Å². The van der Waals surface area contributed by atoms with E-state index < -0.39 is 0 Å². The van der Waals surface area contributed by atoms with Gasteiger partial charge in [0.15, 0.2) is 0 Å². The summed E-state index contributed by atoms with van der Waals surface area (Å²) in [6.45, 7) is 7.90. The van der Waals surface area contributed by atoms with Gasteiger partial charge in [0.05, 0.1) is 18.0 Å². The Morgan fingerprint density at radius 3 is 2.26 bits per heavy atom. The molecule has 0 aliphatic carbocycles. The molecule has 0 bridgehead atoms. The van der Waals surface area contributed by atoms with E-state index in [9.17, 15) is 4.79 Å². The number of amides is 1. The van der Waals surface area contributed by atoms with Gasteiger partial charge in [0.1, 0.15) is 0 Å². The molecule has 0 saturated carbocycles. The summed E-state index contributed by atoms with van der Waals surface area (Å²) in [4.78, 5) is 18.6. The lowest BCUT2D eigenvalue weighted by Gasteiger charge is -2.37. The van der Waals surface area contributed by atoms with Crippen molar-refractivity contribution in [1.29, 1.82) is 5.26 Å². The van der Waals surface area contributed by atoms with Crippen LogP contribution in [0.4, 0.5) is 0 Å². The molecule has 106 valence electrons. The van der Waals surface area contributed by atoms with Gasteiger partial charge in [0, 0.05) is 39.3 Å². The fraction of sp³-hybridized carbons (Fsp3) is 0.857. The van der Waals surface area contributed by atoms with Crippen molar-refractivity contribution in [3.63, 3.8) is 0 Å². The topological polar surface area (TPSA) is 50.6 Å². The maximum atomic E-state index is 12.2. The lowest BCUT2D eigenvalue weighted by atomic mass is 9.82. The quantitative estimate of drug-likeness (QED) is 0.724. The minimum Gasteiger partial charge on any atom is -0.339 e. The zero-order chi connectivity index (χ0) is 13.9. The van der Waals surface area contributed by atoms with E-state index in [2.05, 4.69) is 22.9 Å². The molecule has 2 aliphatic heterocycles. The molecule has 19 heavy (non-hydrogen) atoms. The Kier molecular flexibility index (Phi) is 4.43. The predicted octanol–water partition coefficient (Wildman–Crippen LogP) is 0.386. The largest absolute Gasteiger partial charge is 0.339 e. The molecule has 0 spiro atoms. The number of carbonyl (C=O) groups excluding carboxylic acids is 1. The number of rotatable bonds is 2. The lowest BCUT2D eigenvalue weighted by molar-refractivity contribution is -0.134. The lowest BCUT2D eigenvalue weighted by Crippen LogP contribution is -2.51. The van der Waals surface area contributed by atoms with Crippen molar-refractivity contribution in [3.8, 4) is 6.07 Å². The summed E-state index contributed by atoms with van der Waals surface area (Å²) in [6.07, 6.45) is 1.75. The second-order valence-corrected chi connectivity index (χ2v) is 6.13. The van der Waals surface area contributed by atoms with Gasteiger partial charge in [-0.1, -0.05) is 0 Å². The van der Waals surface area contributed by atoms with Crippen LogP contribution in [-0.4, -0.2) is 73.5 Å². The number of likely N-dealkylation sites (tertiary alicyclic amines) is 1. The van der Waals surface area contributed by atoms with Gasteiger partial charge < -0.3 is 9.80 Å². The minimum absolute atomic E-state index is 0.187. The van der Waals surface area contributed by atoms with E-state index in [4.69, 9.17) is 5.26 Å². The van der Waals surface area contributed by atoms with Gasteiger partial charge in [-0.3, -0.25) is 9.69 Å². The van der Waals surface area contributed by atoms with E-state index in [1.807, 2.05) is 11.8 Å². The van der Waals surface area contributed by atoms with E-state index in [0.29, 0.717) is 6.54 Å². The zero-order valence-corrected chi connectivity index (χ0v) is 12.1. The number of nitrogens with zero attached hydrogens (tertiary/aromatic N) is 4. The van der Waals surface area contributed by atoms with Crippen LogP contribution < -0.4 is 0 Å². The first kappa shape index (κ1) is 14.3. The summed E-state index contributed by atoms with van der Waals surface area (Å²) in [6, 6.07) is 2.39. The molecule has 5 heteroatoms. The molecule has 2 heterocycles. The van der Waals surface area contributed by atoms with Gasteiger partial charge >= 0.3 is 0 Å². The van der Waals surface area contributed by atoms with Crippen molar-refractivity contribution >= 4 is 5.91 Å². The van der Waals surface area contributed by atoms with E-state index in [-0.39, 0.29) is 11.3 Å². The molecule has 0 radical (unpaired) electrons. The number of carbonyl (C=O) groups is 1. The van der Waals surface area contributed by atoms with Crippen LogP contribution in [-0.2, 0) is 4.79 Å². The molecule has 2 rings (SSSR count). The van der Waals surface area contributed by atoms with Crippen LogP contribution in [0.3, 0.4) is 0 Å². The number of hydrogen-bond donors (Lipinski definition) is 0. The van der Waals surface area contributed by atoms with Crippen molar-refractivity contribution in [2.24, 2.45) is 5.41 Å². The Morgan fingerprint density at radius 1 is 1.16 bits per heavy atom. The van der Waals surface area contributed by atoms with Gasteiger partial charge in [0.25, 0.3) is 0 Å². The molecule has 0 aromatic carbocycles. The Labute approximate surface area is 115 Å². The average molecular weight is 264 g/mol. The summed E-state index contributed by atoms with van der Waals surface area (Å²) in [5, 5.41) is 9.10. The second-order valence-electron chi connectivity index (χ2n) is 6.13. The van der Waals surface area contributed by atoms with Crippen molar-refractivity contribution < 1.29 is 4.79 Å². The number of piperazine rings is 1. The summed E-state index contributed by atoms with van der Waals surface area (Å²) >= 11 is 0. The van der Waals surface area contributed by atoms with Crippen LogP contribution in [0.1, 0.15) is 19.8 Å². The maximum Gasteiger partial charge on any atom is 0.236 e. The van der Waals surface area contributed by atoms with Crippen molar-refractivity contribution in [1.82, 2.24) is 14.7 Å². The number of piperidine rings is 1. The molecule has 0 N–H and O–H groups in total. The minimum atomic E-state index is -0.187. The summed E-state index contributed by atoms with van der Waals surface area (Å²) in [5.41, 5.74) is -0.187. The highest BCUT2D eigenvalue weighted by atomic mass is 16.2. The first-order chi connectivity index (χ1) is 9.02. The highest BCUT2D eigenvalue weighted by Gasteiger charge is 2.31. The summed E-state index contributed by atoms with van der Waals surface area (Å²) in [7, 11) is 2.09. The highest BCUT2D eigenvalue weighted by molar-refractivity contribution is 5.78. The van der Waals surface area contributed by atoms with E-state index in [1.54, 1.807) is 0 Å². The molecule has 5 nitrogen and oxygen atoms in total. The molecular weight excluding hydrogens is 240 g/mol. The maximum absolute atomic E-state index is 12.2. The van der Waals surface area contributed by atoms with Crippen LogP contribution in [0.2, 0.25) is 0 Å². The monoisotopic (exact) mass is 264 g/mol. The van der Waals surface area contributed by atoms with Crippen molar-refractivity contribution in [2.75, 3.05) is 52.9 Å². The van der Waals surface area contributed by atoms with Gasteiger partial charge in [-0.15, -0.1) is 0 Å². The van der Waals surface area contributed by atoms with Crippen LogP contribution in [0.15, 0.2) is 0 Å². The third-order valence-electron chi connectivity index (χ3n) is 4.44. The molecule has 2 fully saturated rings. The van der Waals surface area contributed by atoms with Crippen LogP contribution in [0, 0.1) is 16.7 Å². The Morgan fingerprint density at radius 2 is 1.74 bits per heavy atom. The molecule has 2 saturated heterocycles. The standard InChI is InChI=1S/C14H24N4O/c1-14(12-15)3-5-17(6-4-14)11-13(19)18-9-7-16(2)8-10-18/h3-11H2,1-2H3. The molecule has 0 aromatic rings. The first-order valence-electron chi connectivity index (χ1n) is 7.12. The van der Waals surface area contributed by atoms with E-state index in [0.717, 1.165) is 52.1 Å². The van der Waals surface area contributed by atoms with Gasteiger partial charge in [-0.25, -0.2) is 0 Å². The molecule has 1 amide bonds. The number of likely N-dealkylation sites (N-methyl/N-ethyl adjacent to an activating group) is 1. The fourth-order valence-electron chi connectivity index (χ4n) is 2.66. The fourth-order valence-corrected chi connectivity index (χ4v) is 2.66. The summed E-state index contributed by atoms with van der Waals surface area (Å²) < 4.78 is 0. The third kappa shape index (κ3) is 3.68. The SMILES string of the molecule is CN1CCN(C(=O)CN2CCC(C)(C#N)CC2)CC1. The van der Waals surface area contributed by atoms with Crippen LogP contribution >= 0.6 is 0 Å². The van der Waals surface area contributed by atoms with Crippen LogP contribution in [0.25, 0.3) is 0 Å². The average Bonchev–Trinajstić information content (AvgIpc) is 2.42. The second kappa shape index (κ2) is 5.89. The zero-order valence-electron chi connectivity index (χ0n) is 12.1. The van der Waals surface area contributed by atoms with Gasteiger partial charge in [0.2, 0.25) is 5.91 Å². The van der Waals surface area contributed by atoms with Gasteiger partial charge in [-0.2, -0.15) is 5.26 Å². The molecular formula is C14H24N4O. The normalized spacial score (nSPS) is 25.0. The molecule has 0 unspecified atom stereocenters. The van der Waals surface area contributed by atoms with E-state index >= 15 is 0 Å². The van der Waals surface area contributed by atoms with Crippen molar-refractivity contribution in [2.45, 2.75) is 19.8 Å². The molecule has 0 aromatic heterocycles. The number of hydrogen-bond acceptors (Lipinski definition) is 4. The number of nitriles is 1. The molecule has 0 atom stereocenters. The molecule has 2 aliphatic rings. The van der Waals surface area contributed by atoms with Crippen LogP contribution in [0.5, 0.6) is 0 Å². The van der Waals surface area contributed by atoms with E-state index in [1.165, 1.54) is 0 Å². The Bertz CT molecular complexity index is 360. The predicted molar refractivity (Wildman–Crippen MR) is 73.5 cm³/mol. The smallest absolute Gasteiger partial charge is 0.236 e.